The summed E-state index contributed by atoms with van der Waals surface area (Å²) in [5, 5.41) is 12.4. The Labute approximate surface area is 82.1 Å². The summed E-state index contributed by atoms with van der Waals surface area (Å²) in [5.41, 5.74) is 0. The maximum Gasteiger partial charge on any atom is 0.0959 e. The van der Waals surface area contributed by atoms with Crippen molar-refractivity contribution in [1.29, 1.82) is 0 Å². The molecule has 0 amide bonds. The molecule has 0 aromatic heterocycles. The fraction of sp³-hybridized carbons (Fsp3) is 1.00. The van der Waals surface area contributed by atoms with Crippen LogP contribution in [0.1, 0.15) is 27.7 Å². The van der Waals surface area contributed by atoms with Crippen LogP contribution in [-0.2, 0) is 0 Å². The molecule has 80 valence electrons. The van der Waals surface area contributed by atoms with Gasteiger partial charge in [-0.1, -0.05) is 13.8 Å². The van der Waals surface area contributed by atoms with Gasteiger partial charge in [0.15, 0.2) is 0 Å². The second-order valence-corrected chi connectivity index (χ2v) is 4.15. The molecule has 0 saturated heterocycles. The third kappa shape index (κ3) is 6.99. The van der Waals surface area contributed by atoms with E-state index in [0.717, 1.165) is 19.6 Å². The molecule has 0 saturated carbocycles. The van der Waals surface area contributed by atoms with Crippen molar-refractivity contribution < 1.29 is 5.11 Å². The van der Waals surface area contributed by atoms with Crippen molar-refractivity contribution in [3.05, 3.63) is 0 Å². The summed E-state index contributed by atoms with van der Waals surface area (Å²) in [6.45, 7) is 11.7. The lowest BCUT2D eigenvalue weighted by Crippen LogP contribution is -2.38. The van der Waals surface area contributed by atoms with E-state index in [1.807, 2.05) is 4.90 Å². The summed E-state index contributed by atoms with van der Waals surface area (Å²) in [6, 6.07) is 0.422. The molecule has 0 aliphatic rings. The number of hydrogen-bond donors (Lipinski definition) is 2. The first-order valence-corrected chi connectivity index (χ1v) is 5.13. The molecular weight excluding hydrogens is 164 g/mol. The fourth-order valence-corrected chi connectivity index (χ4v) is 1.11. The van der Waals surface area contributed by atoms with E-state index >= 15 is 0 Å². The van der Waals surface area contributed by atoms with Crippen molar-refractivity contribution in [1.82, 2.24) is 10.2 Å². The summed E-state index contributed by atoms with van der Waals surface area (Å²) in [7, 11) is 0. The summed E-state index contributed by atoms with van der Waals surface area (Å²) >= 11 is 0. The molecule has 0 aliphatic heterocycles. The van der Waals surface area contributed by atoms with E-state index in [2.05, 4.69) is 33.0 Å². The predicted octanol–water partition coefficient (Wildman–Crippen LogP) is 0.892. The Morgan fingerprint density at radius 3 is 2.23 bits per heavy atom. The van der Waals surface area contributed by atoms with Gasteiger partial charge in [0, 0.05) is 19.1 Å². The van der Waals surface area contributed by atoms with Gasteiger partial charge in [-0.25, -0.2) is 0 Å². The topological polar surface area (TPSA) is 35.5 Å². The Bertz CT molecular complexity index is 115. The van der Waals surface area contributed by atoms with Gasteiger partial charge in [-0.2, -0.15) is 0 Å². The zero-order valence-electron chi connectivity index (χ0n) is 9.38. The molecule has 0 rings (SSSR count). The number of nitrogens with zero attached hydrogens (tertiary/aromatic N) is 1. The van der Waals surface area contributed by atoms with Crippen LogP contribution in [0.4, 0.5) is 0 Å². The minimum Gasteiger partial charge on any atom is -0.381 e. The molecule has 13 heavy (non-hydrogen) atoms. The Kier molecular flexibility index (Phi) is 7.23. The molecule has 0 heterocycles. The predicted molar refractivity (Wildman–Crippen MR) is 56.6 cm³/mol. The van der Waals surface area contributed by atoms with Gasteiger partial charge >= 0.3 is 0 Å². The maximum absolute atomic E-state index is 9.00. The van der Waals surface area contributed by atoms with Gasteiger partial charge in [-0.3, -0.25) is 4.90 Å². The second-order valence-electron chi connectivity index (χ2n) is 4.15. The SMILES string of the molecule is CC(C)CNCCN(CO)C(C)C. The Hall–Kier alpha value is -0.120. The van der Waals surface area contributed by atoms with Crippen LogP contribution >= 0.6 is 0 Å². The highest BCUT2D eigenvalue weighted by atomic mass is 16.3. The molecule has 0 aromatic carbocycles. The molecule has 3 nitrogen and oxygen atoms in total. The van der Waals surface area contributed by atoms with Crippen molar-refractivity contribution in [2.24, 2.45) is 5.92 Å². The quantitative estimate of drug-likeness (QED) is 0.460. The number of nitrogens with one attached hydrogen (secondary N) is 1. The summed E-state index contributed by atoms with van der Waals surface area (Å²) in [6.07, 6.45) is 0. The van der Waals surface area contributed by atoms with Crippen LogP contribution in [0.25, 0.3) is 0 Å². The summed E-state index contributed by atoms with van der Waals surface area (Å²) in [5.74, 6) is 0.696. The van der Waals surface area contributed by atoms with Crippen LogP contribution in [-0.4, -0.2) is 42.4 Å². The molecule has 0 spiro atoms. The first kappa shape index (κ1) is 12.9. The van der Waals surface area contributed by atoms with Crippen LogP contribution in [0.15, 0.2) is 0 Å². The van der Waals surface area contributed by atoms with Gasteiger partial charge < -0.3 is 10.4 Å². The molecule has 0 aliphatic carbocycles. The van der Waals surface area contributed by atoms with Gasteiger partial charge in [-0.15, -0.1) is 0 Å². The van der Waals surface area contributed by atoms with Crippen molar-refractivity contribution in [3.8, 4) is 0 Å². The first-order chi connectivity index (χ1) is 6.07. The van der Waals surface area contributed by atoms with E-state index in [-0.39, 0.29) is 6.73 Å². The summed E-state index contributed by atoms with van der Waals surface area (Å²) < 4.78 is 0. The van der Waals surface area contributed by atoms with E-state index in [1.54, 1.807) is 0 Å². The van der Waals surface area contributed by atoms with Crippen LogP contribution in [0.3, 0.4) is 0 Å². The third-order valence-electron chi connectivity index (χ3n) is 2.04. The number of hydrogen-bond acceptors (Lipinski definition) is 3. The monoisotopic (exact) mass is 188 g/mol. The first-order valence-electron chi connectivity index (χ1n) is 5.13. The lowest BCUT2D eigenvalue weighted by Gasteiger charge is -2.23. The lowest BCUT2D eigenvalue weighted by atomic mass is 10.2. The Morgan fingerprint density at radius 1 is 1.23 bits per heavy atom. The Balaban J connectivity index is 3.39. The van der Waals surface area contributed by atoms with E-state index in [9.17, 15) is 0 Å². The molecule has 3 heteroatoms. The van der Waals surface area contributed by atoms with Crippen molar-refractivity contribution in [3.63, 3.8) is 0 Å². The van der Waals surface area contributed by atoms with E-state index in [1.165, 1.54) is 0 Å². The maximum atomic E-state index is 9.00. The fourth-order valence-electron chi connectivity index (χ4n) is 1.11. The normalized spacial score (nSPS) is 12.0. The average molecular weight is 188 g/mol. The van der Waals surface area contributed by atoms with E-state index < -0.39 is 0 Å². The van der Waals surface area contributed by atoms with Gasteiger partial charge in [0.25, 0.3) is 0 Å². The highest BCUT2D eigenvalue weighted by Gasteiger charge is 2.06. The van der Waals surface area contributed by atoms with Crippen molar-refractivity contribution in [2.45, 2.75) is 33.7 Å². The van der Waals surface area contributed by atoms with Crippen LogP contribution in [0.2, 0.25) is 0 Å². The third-order valence-corrected chi connectivity index (χ3v) is 2.04. The zero-order valence-corrected chi connectivity index (χ0v) is 9.38. The van der Waals surface area contributed by atoms with Crippen LogP contribution < -0.4 is 5.32 Å². The van der Waals surface area contributed by atoms with Gasteiger partial charge in [0.05, 0.1) is 6.73 Å². The largest absolute Gasteiger partial charge is 0.381 e. The standard InChI is InChI=1S/C10H24N2O/c1-9(2)7-11-5-6-12(8-13)10(3)4/h9-11,13H,5-8H2,1-4H3. The number of aliphatic hydroxyl groups excluding tert-OH is 1. The van der Waals surface area contributed by atoms with Gasteiger partial charge in [0.2, 0.25) is 0 Å². The molecule has 2 N–H and O–H groups in total. The molecular formula is C10H24N2O. The molecule has 0 unspecified atom stereocenters. The molecule has 0 aromatic rings. The molecule has 0 radical (unpaired) electrons. The van der Waals surface area contributed by atoms with Crippen LogP contribution in [0, 0.1) is 5.92 Å². The van der Waals surface area contributed by atoms with Gasteiger partial charge in [0.1, 0.15) is 0 Å². The second kappa shape index (κ2) is 7.30. The van der Waals surface area contributed by atoms with Crippen molar-refractivity contribution >= 4 is 0 Å². The zero-order chi connectivity index (χ0) is 10.3. The molecule has 0 atom stereocenters. The number of rotatable bonds is 7. The highest BCUT2D eigenvalue weighted by Crippen LogP contribution is 1.94. The minimum atomic E-state index is 0.154. The molecule has 0 fully saturated rings. The molecule has 0 bridgehead atoms. The summed E-state index contributed by atoms with van der Waals surface area (Å²) in [4.78, 5) is 2.04. The van der Waals surface area contributed by atoms with E-state index in [4.69, 9.17) is 5.11 Å². The lowest BCUT2D eigenvalue weighted by molar-refractivity contribution is 0.0812. The van der Waals surface area contributed by atoms with E-state index in [0.29, 0.717) is 12.0 Å². The average Bonchev–Trinajstić information content (AvgIpc) is 2.03. The highest BCUT2D eigenvalue weighted by molar-refractivity contribution is 4.60. The minimum absolute atomic E-state index is 0.154. The van der Waals surface area contributed by atoms with Crippen molar-refractivity contribution in [2.75, 3.05) is 26.4 Å². The smallest absolute Gasteiger partial charge is 0.0959 e. The van der Waals surface area contributed by atoms with Crippen LogP contribution in [0.5, 0.6) is 0 Å². The van der Waals surface area contributed by atoms with Gasteiger partial charge in [-0.05, 0) is 26.3 Å². The number of aliphatic hydroxyl groups is 1. The Morgan fingerprint density at radius 2 is 1.85 bits per heavy atom.